The summed E-state index contributed by atoms with van der Waals surface area (Å²) in [5.74, 6) is 0.0141. The van der Waals surface area contributed by atoms with Gasteiger partial charge in [-0.3, -0.25) is 14.2 Å². The normalized spacial score (nSPS) is 17.2. The van der Waals surface area contributed by atoms with Crippen molar-refractivity contribution in [2.75, 3.05) is 11.4 Å². The first-order valence-electron chi connectivity index (χ1n) is 8.74. The Labute approximate surface area is 154 Å². The highest BCUT2D eigenvalue weighted by Crippen LogP contribution is 2.37. The van der Waals surface area contributed by atoms with Gasteiger partial charge >= 0.3 is 5.69 Å². The van der Waals surface area contributed by atoms with E-state index in [0.717, 1.165) is 30.5 Å². The number of H-pyrrole nitrogens is 1. The van der Waals surface area contributed by atoms with Crippen molar-refractivity contribution in [1.29, 1.82) is 0 Å². The molecule has 4 rings (SSSR count). The van der Waals surface area contributed by atoms with Gasteiger partial charge in [-0.25, -0.2) is 9.89 Å². The third kappa shape index (κ3) is 2.98. The Bertz CT molecular complexity index is 944. The van der Waals surface area contributed by atoms with E-state index in [9.17, 15) is 14.4 Å². The number of aromatic nitrogens is 3. The number of amides is 1. The minimum Gasteiger partial charge on any atom is -0.312 e. The van der Waals surface area contributed by atoms with Crippen LogP contribution in [0.5, 0.6) is 0 Å². The van der Waals surface area contributed by atoms with Gasteiger partial charge in [0.1, 0.15) is 0 Å². The van der Waals surface area contributed by atoms with Gasteiger partial charge in [-0.1, -0.05) is 11.8 Å². The number of hydrogen-bond donors (Lipinski definition) is 1. The van der Waals surface area contributed by atoms with Crippen molar-refractivity contribution in [3.8, 4) is 0 Å². The highest BCUT2D eigenvalue weighted by molar-refractivity contribution is 8.00. The van der Waals surface area contributed by atoms with Gasteiger partial charge in [0.2, 0.25) is 5.91 Å². The summed E-state index contributed by atoms with van der Waals surface area (Å²) < 4.78 is 1.65. The van der Waals surface area contributed by atoms with Crippen molar-refractivity contribution >= 4 is 29.1 Å². The predicted molar refractivity (Wildman–Crippen MR) is 98.9 cm³/mol. The van der Waals surface area contributed by atoms with E-state index in [1.807, 2.05) is 19.1 Å². The number of nitrogens with zero attached hydrogens (tertiary/aromatic N) is 3. The van der Waals surface area contributed by atoms with E-state index in [-0.39, 0.29) is 28.7 Å². The first kappa shape index (κ1) is 17.1. The van der Waals surface area contributed by atoms with Crippen LogP contribution >= 0.6 is 11.8 Å². The molecular formula is C18H20N4O3S. The zero-order valence-corrected chi connectivity index (χ0v) is 15.5. The Kier molecular flexibility index (Phi) is 4.22. The molecule has 1 atom stereocenters. The molecule has 2 aromatic rings. The van der Waals surface area contributed by atoms with Crippen molar-refractivity contribution in [2.24, 2.45) is 0 Å². The molecule has 1 aliphatic heterocycles. The topological polar surface area (TPSA) is 88.1 Å². The number of anilines is 1. The van der Waals surface area contributed by atoms with Crippen LogP contribution in [0.3, 0.4) is 0 Å². The van der Waals surface area contributed by atoms with Gasteiger partial charge in [0.25, 0.3) is 0 Å². The van der Waals surface area contributed by atoms with Crippen molar-refractivity contribution in [2.45, 2.75) is 49.6 Å². The van der Waals surface area contributed by atoms with Crippen LogP contribution in [0.2, 0.25) is 0 Å². The average Bonchev–Trinajstić information content (AvgIpc) is 3.25. The third-order valence-electron chi connectivity index (χ3n) is 4.88. The van der Waals surface area contributed by atoms with E-state index < -0.39 is 0 Å². The van der Waals surface area contributed by atoms with Crippen LogP contribution in [0, 0.1) is 0 Å². The molecule has 0 saturated heterocycles. The molecule has 1 fully saturated rings. The summed E-state index contributed by atoms with van der Waals surface area (Å²) in [5, 5.41) is 6.77. The number of carbonyl (C=O) groups excluding carboxylic acids is 2. The van der Waals surface area contributed by atoms with Crippen LogP contribution in [0.25, 0.3) is 0 Å². The van der Waals surface area contributed by atoms with Gasteiger partial charge in [-0.2, -0.15) is 0 Å². The summed E-state index contributed by atoms with van der Waals surface area (Å²) in [6.07, 6.45) is 2.72. The largest absolute Gasteiger partial charge is 0.344 e. The molecule has 2 aliphatic rings. The molecule has 1 unspecified atom stereocenters. The van der Waals surface area contributed by atoms with Gasteiger partial charge < -0.3 is 4.90 Å². The Hall–Kier alpha value is -2.35. The number of thioether (sulfide) groups is 1. The molecular weight excluding hydrogens is 352 g/mol. The standard InChI is InChI=1S/C18H20N4O3S/c1-10(26-18-20-19-17(25)22(18)14-4-5-14)16(24)13-3-6-15-12(9-13)7-8-21(15)11(2)23/h3,6,9-10,14H,4-5,7-8H2,1-2H3,(H,19,25). The number of hydrogen-bond acceptors (Lipinski definition) is 5. The van der Waals surface area contributed by atoms with Gasteiger partial charge in [-0.15, -0.1) is 5.10 Å². The lowest BCUT2D eigenvalue weighted by atomic mass is 10.0. The second kappa shape index (κ2) is 6.42. The van der Waals surface area contributed by atoms with E-state index in [0.29, 0.717) is 17.3 Å². The fraction of sp³-hybridized carbons (Fsp3) is 0.444. The highest BCUT2D eigenvalue weighted by Gasteiger charge is 2.30. The second-order valence-corrected chi connectivity index (χ2v) is 8.11. The number of benzene rings is 1. The Balaban J connectivity index is 1.53. The van der Waals surface area contributed by atoms with E-state index >= 15 is 0 Å². The van der Waals surface area contributed by atoms with Crippen LogP contribution < -0.4 is 10.6 Å². The molecule has 136 valence electrons. The molecule has 0 spiro atoms. The number of Topliss-reactive ketones (excluding diaryl/α,β-unsaturated/α-hetero) is 1. The van der Waals surface area contributed by atoms with Gasteiger partial charge in [0.15, 0.2) is 10.9 Å². The quantitative estimate of drug-likeness (QED) is 0.642. The third-order valence-corrected chi connectivity index (χ3v) is 5.94. The lowest BCUT2D eigenvalue weighted by Crippen LogP contribution is -2.25. The number of carbonyl (C=O) groups is 2. The van der Waals surface area contributed by atoms with E-state index in [4.69, 9.17) is 0 Å². The summed E-state index contributed by atoms with van der Waals surface area (Å²) in [6, 6.07) is 5.72. The van der Waals surface area contributed by atoms with Crippen LogP contribution in [-0.2, 0) is 11.2 Å². The minimum absolute atomic E-state index is 0.00290. The summed E-state index contributed by atoms with van der Waals surface area (Å²) in [4.78, 5) is 38.1. The lowest BCUT2D eigenvalue weighted by molar-refractivity contribution is -0.116. The van der Waals surface area contributed by atoms with Crippen molar-refractivity contribution < 1.29 is 9.59 Å². The number of fused-ring (bicyclic) bond motifs is 1. The average molecular weight is 372 g/mol. The van der Waals surface area contributed by atoms with Crippen LogP contribution in [-0.4, -0.2) is 38.2 Å². The maximum Gasteiger partial charge on any atom is 0.344 e. The molecule has 1 aromatic carbocycles. The fourth-order valence-corrected chi connectivity index (χ4v) is 4.36. The van der Waals surface area contributed by atoms with E-state index in [1.54, 1.807) is 22.5 Å². The van der Waals surface area contributed by atoms with Gasteiger partial charge in [-0.05, 0) is 49.9 Å². The Morgan fingerprint density at radius 1 is 1.35 bits per heavy atom. The first-order valence-corrected chi connectivity index (χ1v) is 9.62. The highest BCUT2D eigenvalue weighted by atomic mass is 32.2. The predicted octanol–water partition coefficient (Wildman–Crippen LogP) is 2.18. The molecule has 1 aromatic heterocycles. The summed E-state index contributed by atoms with van der Waals surface area (Å²) in [7, 11) is 0. The van der Waals surface area contributed by atoms with Crippen molar-refractivity contribution in [3.63, 3.8) is 0 Å². The molecule has 0 bridgehead atoms. The molecule has 8 heteroatoms. The fourth-order valence-electron chi connectivity index (χ4n) is 3.36. The molecule has 26 heavy (non-hydrogen) atoms. The lowest BCUT2D eigenvalue weighted by Gasteiger charge is -2.15. The monoisotopic (exact) mass is 372 g/mol. The number of ketones is 1. The smallest absolute Gasteiger partial charge is 0.312 e. The molecule has 1 saturated carbocycles. The summed E-state index contributed by atoms with van der Waals surface area (Å²) >= 11 is 1.31. The molecule has 2 heterocycles. The maximum atomic E-state index is 12.8. The van der Waals surface area contributed by atoms with Gasteiger partial charge in [0, 0.05) is 30.8 Å². The van der Waals surface area contributed by atoms with Gasteiger partial charge in [0.05, 0.1) is 5.25 Å². The molecule has 1 aliphatic carbocycles. The second-order valence-electron chi connectivity index (χ2n) is 6.80. The number of aromatic amines is 1. The Morgan fingerprint density at radius 2 is 2.12 bits per heavy atom. The maximum absolute atomic E-state index is 12.8. The van der Waals surface area contributed by atoms with E-state index in [1.165, 1.54) is 11.8 Å². The van der Waals surface area contributed by atoms with Crippen molar-refractivity contribution in [3.05, 3.63) is 39.8 Å². The summed E-state index contributed by atoms with van der Waals surface area (Å²) in [6.45, 7) is 4.04. The van der Waals surface area contributed by atoms with Crippen LogP contribution in [0.1, 0.15) is 48.7 Å². The molecule has 7 nitrogen and oxygen atoms in total. The van der Waals surface area contributed by atoms with Crippen LogP contribution in [0.4, 0.5) is 5.69 Å². The Morgan fingerprint density at radius 3 is 2.81 bits per heavy atom. The molecule has 1 amide bonds. The minimum atomic E-state index is -0.355. The van der Waals surface area contributed by atoms with Crippen LogP contribution in [0.15, 0.2) is 28.2 Å². The molecule has 0 radical (unpaired) electrons. The zero-order valence-electron chi connectivity index (χ0n) is 14.7. The van der Waals surface area contributed by atoms with Crippen molar-refractivity contribution in [1.82, 2.24) is 14.8 Å². The number of nitrogens with one attached hydrogen (secondary N) is 1. The first-order chi connectivity index (χ1) is 12.5. The van der Waals surface area contributed by atoms with E-state index in [2.05, 4.69) is 10.2 Å². The SMILES string of the molecule is CC(=O)N1CCc2cc(C(=O)C(C)Sc3n[nH]c(=O)n3C3CC3)ccc21. The number of rotatable bonds is 5. The summed E-state index contributed by atoms with van der Waals surface area (Å²) in [5.41, 5.74) is 2.34. The molecule has 1 N–H and O–H groups in total. The zero-order chi connectivity index (χ0) is 18.4.